The van der Waals surface area contributed by atoms with Gasteiger partial charge in [0.15, 0.2) is 5.65 Å². The van der Waals surface area contributed by atoms with Crippen molar-refractivity contribution in [1.29, 1.82) is 0 Å². The molecular weight excluding hydrogens is 307 g/mol. The molecule has 2 heterocycles. The summed E-state index contributed by atoms with van der Waals surface area (Å²) in [5.74, 6) is 0.211. The van der Waals surface area contributed by atoms with Crippen molar-refractivity contribution in [3.8, 4) is 0 Å². The lowest BCUT2D eigenvalue weighted by Gasteiger charge is -2.09. The maximum Gasteiger partial charge on any atom is 0.207 e. The number of rotatable bonds is 5. The molecule has 1 amide bonds. The highest BCUT2D eigenvalue weighted by Gasteiger charge is 2.12. The van der Waals surface area contributed by atoms with E-state index in [1.807, 2.05) is 10.6 Å². The van der Waals surface area contributed by atoms with Crippen LogP contribution in [-0.2, 0) is 17.9 Å². The van der Waals surface area contributed by atoms with Gasteiger partial charge in [0, 0.05) is 6.20 Å². The molecule has 0 aliphatic heterocycles. The van der Waals surface area contributed by atoms with E-state index in [0.29, 0.717) is 24.4 Å². The largest absolute Gasteiger partial charge is 0.351 e. The predicted octanol–water partition coefficient (Wildman–Crippen LogP) is 2.52. The quantitative estimate of drug-likeness (QED) is 0.735. The SMILES string of the molecule is O=CNCc1nc2cccnc2n1Cc1ccc(F)c(Cl)c1. The Bertz CT molecular complexity index is 834. The lowest BCUT2D eigenvalue weighted by molar-refractivity contribution is -0.109. The summed E-state index contributed by atoms with van der Waals surface area (Å²) in [4.78, 5) is 19.3. The van der Waals surface area contributed by atoms with E-state index in [2.05, 4.69) is 15.3 Å². The smallest absolute Gasteiger partial charge is 0.207 e. The number of nitrogens with zero attached hydrogens (tertiary/aromatic N) is 3. The molecular formula is C15H12ClFN4O. The first-order valence-corrected chi connectivity index (χ1v) is 6.98. The Morgan fingerprint density at radius 2 is 2.23 bits per heavy atom. The molecule has 0 atom stereocenters. The van der Waals surface area contributed by atoms with Gasteiger partial charge in [-0.05, 0) is 29.8 Å². The van der Waals surface area contributed by atoms with E-state index in [0.717, 1.165) is 11.1 Å². The number of nitrogens with one attached hydrogen (secondary N) is 1. The van der Waals surface area contributed by atoms with Gasteiger partial charge in [0.1, 0.15) is 17.2 Å². The van der Waals surface area contributed by atoms with Crippen LogP contribution in [0.15, 0.2) is 36.5 Å². The number of pyridine rings is 1. The molecule has 0 saturated heterocycles. The van der Waals surface area contributed by atoms with Gasteiger partial charge >= 0.3 is 0 Å². The maximum atomic E-state index is 13.3. The molecule has 0 saturated carbocycles. The van der Waals surface area contributed by atoms with E-state index >= 15 is 0 Å². The lowest BCUT2D eigenvalue weighted by atomic mass is 10.2. The van der Waals surface area contributed by atoms with Crippen molar-refractivity contribution in [2.24, 2.45) is 0 Å². The van der Waals surface area contributed by atoms with E-state index in [1.54, 1.807) is 24.4 Å². The minimum atomic E-state index is -0.457. The van der Waals surface area contributed by atoms with Crippen molar-refractivity contribution in [2.45, 2.75) is 13.1 Å². The predicted molar refractivity (Wildman–Crippen MR) is 80.9 cm³/mol. The highest BCUT2D eigenvalue weighted by Crippen LogP contribution is 2.20. The molecule has 0 radical (unpaired) electrons. The molecule has 1 N–H and O–H groups in total. The Morgan fingerprint density at radius 1 is 1.36 bits per heavy atom. The van der Waals surface area contributed by atoms with Crippen LogP contribution in [0.2, 0.25) is 5.02 Å². The van der Waals surface area contributed by atoms with Crippen LogP contribution in [0.5, 0.6) is 0 Å². The van der Waals surface area contributed by atoms with Crippen molar-refractivity contribution >= 4 is 29.2 Å². The Labute approximate surface area is 130 Å². The first-order valence-electron chi connectivity index (χ1n) is 6.60. The molecule has 3 aromatic rings. The lowest BCUT2D eigenvalue weighted by Crippen LogP contribution is -2.15. The van der Waals surface area contributed by atoms with Gasteiger partial charge in [-0.15, -0.1) is 0 Å². The van der Waals surface area contributed by atoms with Crippen LogP contribution in [0.25, 0.3) is 11.2 Å². The molecule has 22 heavy (non-hydrogen) atoms. The van der Waals surface area contributed by atoms with Crippen molar-refractivity contribution in [3.05, 3.63) is 58.8 Å². The third-order valence-electron chi connectivity index (χ3n) is 3.25. The second kappa shape index (κ2) is 6.11. The highest BCUT2D eigenvalue weighted by atomic mass is 35.5. The number of halogens is 2. The molecule has 3 rings (SSSR count). The minimum absolute atomic E-state index is 0.0717. The number of amides is 1. The number of hydrogen-bond acceptors (Lipinski definition) is 3. The second-order valence-corrected chi connectivity index (χ2v) is 5.11. The van der Waals surface area contributed by atoms with E-state index < -0.39 is 5.82 Å². The summed E-state index contributed by atoms with van der Waals surface area (Å²) < 4.78 is 15.1. The van der Waals surface area contributed by atoms with Crippen molar-refractivity contribution < 1.29 is 9.18 Å². The molecule has 112 valence electrons. The molecule has 0 bridgehead atoms. The van der Waals surface area contributed by atoms with Gasteiger partial charge in [-0.25, -0.2) is 14.4 Å². The summed E-state index contributed by atoms with van der Waals surface area (Å²) in [5, 5.41) is 2.67. The van der Waals surface area contributed by atoms with Gasteiger partial charge in [0.25, 0.3) is 0 Å². The Kier molecular flexibility index (Phi) is 4.02. The first kappa shape index (κ1) is 14.5. The third-order valence-corrected chi connectivity index (χ3v) is 3.54. The van der Waals surface area contributed by atoms with Crippen LogP contribution < -0.4 is 5.32 Å². The maximum absolute atomic E-state index is 13.3. The topological polar surface area (TPSA) is 59.8 Å². The summed E-state index contributed by atoms with van der Waals surface area (Å²) in [7, 11) is 0. The van der Waals surface area contributed by atoms with Gasteiger partial charge in [0.2, 0.25) is 6.41 Å². The minimum Gasteiger partial charge on any atom is -0.351 e. The van der Waals surface area contributed by atoms with Gasteiger partial charge in [-0.3, -0.25) is 4.79 Å². The summed E-state index contributed by atoms with van der Waals surface area (Å²) in [5.41, 5.74) is 2.26. The van der Waals surface area contributed by atoms with Crippen molar-refractivity contribution in [3.63, 3.8) is 0 Å². The van der Waals surface area contributed by atoms with Crippen LogP contribution >= 0.6 is 11.6 Å². The Morgan fingerprint density at radius 3 is 3.00 bits per heavy atom. The fourth-order valence-corrected chi connectivity index (χ4v) is 2.46. The molecule has 0 aliphatic carbocycles. The zero-order valence-electron chi connectivity index (χ0n) is 11.5. The summed E-state index contributed by atoms with van der Waals surface area (Å²) in [6.45, 7) is 0.720. The van der Waals surface area contributed by atoms with Crippen LogP contribution in [0.4, 0.5) is 4.39 Å². The number of benzene rings is 1. The summed E-state index contributed by atoms with van der Waals surface area (Å²) in [6, 6.07) is 8.20. The standard InChI is InChI=1S/C15H12ClFN4O/c16-11-6-10(3-4-12(11)17)8-21-14(7-18-9-22)20-13-2-1-5-19-15(13)21/h1-6,9H,7-8H2,(H,18,22). The van der Waals surface area contributed by atoms with Gasteiger partial charge in [-0.1, -0.05) is 17.7 Å². The highest BCUT2D eigenvalue weighted by molar-refractivity contribution is 6.30. The normalized spacial score (nSPS) is 10.8. The average molecular weight is 319 g/mol. The van der Waals surface area contributed by atoms with Crippen LogP contribution in [0.3, 0.4) is 0 Å². The van der Waals surface area contributed by atoms with Crippen LogP contribution in [0.1, 0.15) is 11.4 Å². The van der Waals surface area contributed by atoms with E-state index in [4.69, 9.17) is 11.6 Å². The van der Waals surface area contributed by atoms with Gasteiger partial charge in [-0.2, -0.15) is 0 Å². The van der Waals surface area contributed by atoms with Gasteiger partial charge < -0.3 is 9.88 Å². The molecule has 0 unspecified atom stereocenters. The van der Waals surface area contributed by atoms with Crippen LogP contribution in [0, 0.1) is 5.82 Å². The fraction of sp³-hybridized carbons (Fsp3) is 0.133. The summed E-state index contributed by atoms with van der Waals surface area (Å²) in [6.07, 6.45) is 2.29. The monoisotopic (exact) mass is 318 g/mol. The number of hydrogen-bond donors (Lipinski definition) is 1. The zero-order chi connectivity index (χ0) is 15.5. The fourth-order valence-electron chi connectivity index (χ4n) is 2.26. The number of carbonyl (C=O) groups is 1. The molecule has 5 nitrogen and oxygen atoms in total. The second-order valence-electron chi connectivity index (χ2n) is 4.71. The number of carbonyl (C=O) groups excluding carboxylic acids is 1. The van der Waals surface area contributed by atoms with Crippen LogP contribution in [-0.4, -0.2) is 20.9 Å². The molecule has 1 aromatic carbocycles. The zero-order valence-corrected chi connectivity index (χ0v) is 12.2. The number of fused-ring (bicyclic) bond motifs is 1. The average Bonchev–Trinajstić information content (AvgIpc) is 2.87. The number of aromatic nitrogens is 3. The van der Waals surface area contributed by atoms with Crippen molar-refractivity contribution in [2.75, 3.05) is 0 Å². The number of imidazole rings is 1. The molecule has 0 spiro atoms. The van der Waals surface area contributed by atoms with E-state index in [-0.39, 0.29) is 11.6 Å². The Balaban J connectivity index is 2.03. The molecule has 2 aromatic heterocycles. The van der Waals surface area contributed by atoms with Gasteiger partial charge in [0.05, 0.1) is 18.1 Å². The Hall–Kier alpha value is -2.47. The van der Waals surface area contributed by atoms with Crippen molar-refractivity contribution in [1.82, 2.24) is 19.9 Å². The van der Waals surface area contributed by atoms with E-state index in [1.165, 1.54) is 6.07 Å². The first-order chi connectivity index (χ1) is 10.7. The third kappa shape index (κ3) is 2.78. The van der Waals surface area contributed by atoms with E-state index in [9.17, 15) is 9.18 Å². The molecule has 7 heteroatoms. The molecule has 0 fully saturated rings. The summed E-state index contributed by atoms with van der Waals surface area (Å²) >= 11 is 5.82. The molecule has 0 aliphatic rings.